The molecule has 0 aliphatic heterocycles. The summed E-state index contributed by atoms with van der Waals surface area (Å²) in [6.07, 6.45) is 8.02. The van der Waals surface area contributed by atoms with Gasteiger partial charge in [0.25, 0.3) is 0 Å². The summed E-state index contributed by atoms with van der Waals surface area (Å²) in [5, 5.41) is 3.36. The Kier molecular flexibility index (Phi) is 2.16. The lowest BCUT2D eigenvalue weighted by atomic mass is 9.76. The highest BCUT2D eigenvalue weighted by atomic mass is 15.1. The molecule has 16 heavy (non-hydrogen) atoms. The zero-order valence-electron chi connectivity index (χ0n) is 10.1. The lowest BCUT2D eigenvalue weighted by molar-refractivity contribution is 0.311. The molecular formula is C13H19N3. The fourth-order valence-electron chi connectivity index (χ4n) is 2.35. The number of aromatic nitrogens is 2. The highest BCUT2D eigenvalue weighted by Gasteiger charge is 2.27. The molecule has 0 saturated heterocycles. The third kappa shape index (κ3) is 2.04. The zero-order chi connectivity index (χ0) is 11.2. The van der Waals surface area contributed by atoms with Crippen molar-refractivity contribution in [3.05, 3.63) is 17.5 Å². The molecule has 0 unspecified atom stereocenters. The molecule has 3 heteroatoms. The molecule has 1 fully saturated rings. The van der Waals surface area contributed by atoms with E-state index in [1.54, 1.807) is 0 Å². The zero-order valence-corrected chi connectivity index (χ0v) is 10.1. The van der Waals surface area contributed by atoms with Crippen LogP contribution in [0.3, 0.4) is 0 Å². The summed E-state index contributed by atoms with van der Waals surface area (Å²) in [6, 6.07) is 0.637. The van der Waals surface area contributed by atoms with E-state index >= 15 is 0 Å². The molecule has 3 nitrogen and oxygen atoms in total. The SMILES string of the molecule is CC1(C)CCc2nc(NC3CC3)ncc2C1. The number of rotatable bonds is 2. The molecule has 2 aliphatic carbocycles. The van der Waals surface area contributed by atoms with Gasteiger partial charge in [0, 0.05) is 17.9 Å². The van der Waals surface area contributed by atoms with Gasteiger partial charge in [-0.2, -0.15) is 0 Å². The van der Waals surface area contributed by atoms with Crippen molar-refractivity contribution >= 4 is 5.95 Å². The summed E-state index contributed by atoms with van der Waals surface area (Å²) >= 11 is 0. The van der Waals surface area contributed by atoms with E-state index in [1.165, 1.54) is 30.5 Å². The van der Waals surface area contributed by atoms with Crippen LogP contribution in [0.1, 0.15) is 44.4 Å². The van der Waals surface area contributed by atoms with E-state index in [9.17, 15) is 0 Å². The second kappa shape index (κ2) is 3.44. The molecule has 1 saturated carbocycles. The van der Waals surface area contributed by atoms with Crippen LogP contribution in [0, 0.1) is 5.41 Å². The van der Waals surface area contributed by atoms with E-state index in [0.717, 1.165) is 18.8 Å². The van der Waals surface area contributed by atoms with Gasteiger partial charge in [-0.25, -0.2) is 9.97 Å². The first kappa shape index (κ1) is 10.1. The molecule has 1 N–H and O–H groups in total. The summed E-state index contributed by atoms with van der Waals surface area (Å²) < 4.78 is 0. The van der Waals surface area contributed by atoms with Gasteiger partial charge < -0.3 is 5.32 Å². The van der Waals surface area contributed by atoms with Gasteiger partial charge in [0.15, 0.2) is 0 Å². The fourth-order valence-corrected chi connectivity index (χ4v) is 2.35. The van der Waals surface area contributed by atoms with Crippen LogP contribution < -0.4 is 5.32 Å². The number of hydrogen-bond donors (Lipinski definition) is 1. The molecular weight excluding hydrogens is 198 g/mol. The third-order valence-corrected chi connectivity index (χ3v) is 3.57. The van der Waals surface area contributed by atoms with Crippen LogP contribution >= 0.6 is 0 Å². The molecule has 2 aliphatic rings. The van der Waals surface area contributed by atoms with E-state index in [1.807, 2.05) is 6.20 Å². The Morgan fingerprint density at radius 1 is 1.38 bits per heavy atom. The maximum atomic E-state index is 4.64. The Labute approximate surface area is 96.7 Å². The van der Waals surface area contributed by atoms with Gasteiger partial charge >= 0.3 is 0 Å². The largest absolute Gasteiger partial charge is 0.351 e. The smallest absolute Gasteiger partial charge is 0.223 e. The van der Waals surface area contributed by atoms with Crippen molar-refractivity contribution < 1.29 is 0 Å². The Balaban J connectivity index is 1.82. The minimum atomic E-state index is 0.418. The number of nitrogens with zero attached hydrogens (tertiary/aromatic N) is 2. The molecule has 1 aromatic rings. The van der Waals surface area contributed by atoms with E-state index in [4.69, 9.17) is 0 Å². The molecule has 0 spiro atoms. The minimum Gasteiger partial charge on any atom is -0.351 e. The van der Waals surface area contributed by atoms with Gasteiger partial charge in [-0.15, -0.1) is 0 Å². The van der Waals surface area contributed by atoms with Crippen molar-refractivity contribution in [2.75, 3.05) is 5.32 Å². The van der Waals surface area contributed by atoms with Crippen LogP contribution in [-0.4, -0.2) is 16.0 Å². The molecule has 0 atom stereocenters. The monoisotopic (exact) mass is 217 g/mol. The van der Waals surface area contributed by atoms with Crippen LogP contribution in [0.15, 0.2) is 6.20 Å². The predicted molar refractivity (Wildman–Crippen MR) is 64.5 cm³/mol. The van der Waals surface area contributed by atoms with Gasteiger partial charge in [0.1, 0.15) is 0 Å². The highest BCUT2D eigenvalue weighted by Crippen LogP contribution is 2.34. The quantitative estimate of drug-likeness (QED) is 0.827. The summed E-state index contributed by atoms with van der Waals surface area (Å²) in [4.78, 5) is 9.05. The second-order valence-electron chi connectivity index (χ2n) is 5.93. The van der Waals surface area contributed by atoms with Crippen molar-refractivity contribution in [3.8, 4) is 0 Å². The standard InChI is InChI=1S/C13H19N3/c1-13(2)6-5-11-9(7-13)8-14-12(16-11)15-10-3-4-10/h8,10H,3-7H2,1-2H3,(H,14,15,16). The first-order valence-corrected chi connectivity index (χ1v) is 6.24. The Morgan fingerprint density at radius 2 is 2.19 bits per heavy atom. The van der Waals surface area contributed by atoms with Crippen molar-refractivity contribution in [1.29, 1.82) is 0 Å². The summed E-state index contributed by atoms with van der Waals surface area (Å²) in [7, 11) is 0. The molecule has 0 aromatic carbocycles. The molecule has 0 radical (unpaired) electrons. The third-order valence-electron chi connectivity index (χ3n) is 3.57. The lowest BCUT2D eigenvalue weighted by Crippen LogP contribution is -2.23. The highest BCUT2D eigenvalue weighted by molar-refractivity contribution is 5.33. The molecule has 3 rings (SSSR count). The maximum Gasteiger partial charge on any atom is 0.223 e. The number of hydrogen-bond acceptors (Lipinski definition) is 3. The lowest BCUT2D eigenvalue weighted by Gasteiger charge is -2.30. The number of fused-ring (bicyclic) bond motifs is 1. The molecule has 0 bridgehead atoms. The van der Waals surface area contributed by atoms with Crippen LogP contribution in [0.5, 0.6) is 0 Å². The second-order valence-corrected chi connectivity index (χ2v) is 5.93. The van der Waals surface area contributed by atoms with Crippen molar-refractivity contribution in [1.82, 2.24) is 9.97 Å². The average Bonchev–Trinajstić information content (AvgIpc) is 3.01. The van der Waals surface area contributed by atoms with Gasteiger partial charge in [-0.05, 0) is 43.1 Å². The Hall–Kier alpha value is -1.12. The van der Waals surface area contributed by atoms with Crippen LogP contribution in [0.25, 0.3) is 0 Å². The first-order chi connectivity index (χ1) is 7.62. The topological polar surface area (TPSA) is 37.8 Å². The molecule has 1 aromatic heterocycles. The van der Waals surface area contributed by atoms with E-state index in [2.05, 4.69) is 29.1 Å². The van der Waals surface area contributed by atoms with Gasteiger partial charge in [-0.1, -0.05) is 13.8 Å². The Morgan fingerprint density at radius 3 is 2.94 bits per heavy atom. The Bertz CT molecular complexity index is 408. The van der Waals surface area contributed by atoms with Gasteiger partial charge in [0.05, 0.1) is 0 Å². The number of anilines is 1. The number of nitrogens with one attached hydrogen (secondary N) is 1. The summed E-state index contributed by atoms with van der Waals surface area (Å²) in [6.45, 7) is 4.65. The fraction of sp³-hybridized carbons (Fsp3) is 0.692. The summed E-state index contributed by atoms with van der Waals surface area (Å²) in [5.41, 5.74) is 3.02. The van der Waals surface area contributed by atoms with Crippen molar-refractivity contribution in [2.24, 2.45) is 5.41 Å². The minimum absolute atomic E-state index is 0.418. The van der Waals surface area contributed by atoms with Crippen molar-refractivity contribution in [3.63, 3.8) is 0 Å². The van der Waals surface area contributed by atoms with Crippen LogP contribution in [-0.2, 0) is 12.8 Å². The summed E-state index contributed by atoms with van der Waals surface area (Å²) in [5.74, 6) is 0.834. The molecule has 1 heterocycles. The van der Waals surface area contributed by atoms with E-state index < -0.39 is 0 Å². The average molecular weight is 217 g/mol. The van der Waals surface area contributed by atoms with Gasteiger partial charge in [0.2, 0.25) is 5.95 Å². The molecule has 86 valence electrons. The molecule has 0 amide bonds. The normalized spacial score (nSPS) is 22.6. The van der Waals surface area contributed by atoms with E-state index in [0.29, 0.717) is 11.5 Å². The maximum absolute atomic E-state index is 4.64. The first-order valence-electron chi connectivity index (χ1n) is 6.24. The predicted octanol–water partition coefficient (Wildman–Crippen LogP) is 2.57. The number of aryl methyl sites for hydroxylation is 1. The van der Waals surface area contributed by atoms with Gasteiger partial charge in [-0.3, -0.25) is 0 Å². The van der Waals surface area contributed by atoms with Crippen LogP contribution in [0.2, 0.25) is 0 Å². The van der Waals surface area contributed by atoms with Crippen molar-refractivity contribution in [2.45, 2.75) is 52.0 Å². The van der Waals surface area contributed by atoms with E-state index in [-0.39, 0.29) is 0 Å². The van der Waals surface area contributed by atoms with Crippen LogP contribution in [0.4, 0.5) is 5.95 Å².